The Hall–Kier alpha value is -2.63. The van der Waals surface area contributed by atoms with Gasteiger partial charge in [-0.15, -0.1) is 0 Å². The van der Waals surface area contributed by atoms with Crippen molar-refractivity contribution in [3.05, 3.63) is 93.5 Å². The van der Waals surface area contributed by atoms with Crippen molar-refractivity contribution in [2.45, 2.75) is 13.5 Å². The topological polar surface area (TPSA) is 65.2 Å². The maximum Gasteiger partial charge on any atom is 0.267 e. The number of primary amides is 1. The third kappa shape index (κ3) is 6.55. The van der Waals surface area contributed by atoms with E-state index >= 15 is 0 Å². The minimum atomic E-state index is -0.490. The monoisotopic (exact) mass is 406 g/mol. The second-order valence-electron chi connectivity index (χ2n) is 5.51. The molecule has 0 saturated heterocycles. The van der Waals surface area contributed by atoms with Crippen LogP contribution in [-0.4, -0.2) is 10.9 Å². The minimum absolute atomic E-state index is 0.158. The number of aryl methyl sites for hydroxylation is 1. The van der Waals surface area contributed by atoms with Gasteiger partial charge in [-0.2, -0.15) is 0 Å². The molecular formula is C20H17Cl2FN2O2. The molecule has 0 aliphatic heterocycles. The zero-order chi connectivity index (χ0) is 19.8. The number of nitrogens with two attached hydrogens (primary N) is 1. The van der Waals surface area contributed by atoms with Crippen molar-refractivity contribution in [2.24, 2.45) is 5.73 Å². The Bertz CT molecular complexity index is 870. The predicted octanol–water partition coefficient (Wildman–Crippen LogP) is 5.20. The van der Waals surface area contributed by atoms with Gasteiger partial charge in [0.2, 0.25) is 0 Å². The quantitative estimate of drug-likeness (QED) is 0.647. The van der Waals surface area contributed by atoms with Crippen molar-refractivity contribution < 1.29 is 13.9 Å². The van der Waals surface area contributed by atoms with Gasteiger partial charge in [0.1, 0.15) is 23.9 Å². The second-order valence-corrected chi connectivity index (χ2v) is 6.39. The molecule has 4 nitrogen and oxygen atoms in total. The molecule has 0 aliphatic rings. The lowest BCUT2D eigenvalue weighted by atomic mass is 10.2. The number of halogens is 3. The Morgan fingerprint density at radius 1 is 1.11 bits per heavy atom. The number of carbonyl (C=O) groups excluding carboxylic acids is 1. The van der Waals surface area contributed by atoms with Crippen molar-refractivity contribution >= 4 is 29.1 Å². The fourth-order valence-corrected chi connectivity index (χ4v) is 2.46. The zero-order valence-corrected chi connectivity index (χ0v) is 16.0. The van der Waals surface area contributed by atoms with E-state index in [1.807, 2.05) is 6.92 Å². The Balaban J connectivity index is 0.000000244. The van der Waals surface area contributed by atoms with Crippen molar-refractivity contribution in [3.63, 3.8) is 0 Å². The Labute approximate surface area is 166 Å². The third-order valence-electron chi connectivity index (χ3n) is 3.45. The van der Waals surface area contributed by atoms with Gasteiger partial charge >= 0.3 is 0 Å². The average molecular weight is 407 g/mol. The fourth-order valence-electron chi connectivity index (χ4n) is 2.08. The number of aromatic nitrogens is 1. The molecule has 0 fully saturated rings. The maximum atomic E-state index is 13.5. The summed E-state index contributed by atoms with van der Waals surface area (Å²) in [7, 11) is 0. The summed E-state index contributed by atoms with van der Waals surface area (Å²) in [5.74, 6) is -0.168. The van der Waals surface area contributed by atoms with E-state index < -0.39 is 5.91 Å². The lowest BCUT2D eigenvalue weighted by Crippen LogP contribution is -2.12. The van der Waals surface area contributed by atoms with Gasteiger partial charge in [0.25, 0.3) is 5.91 Å². The summed E-state index contributed by atoms with van der Waals surface area (Å²) in [6.45, 7) is 2.05. The van der Waals surface area contributed by atoms with Crippen LogP contribution in [-0.2, 0) is 6.61 Å². The van der Waals surface area contributed by atoms with E-state index in [9.17, 15) is 9.18 Å². The van der Waals surface area contributed by atoms with Gasteiger partial charge in [0, 0.05) is 21.8 Å². The molecule has 0 bridgehead atoms. The Morgan fingerprint density at radius 3 is 2.37 bits per heavy atom. The molecule has 1 amide bonds. The molecule has 3 rings (SSSR count). The van der Waals surface area contributed by atoms with Crippen LogP contribution in [0.2, 0.25) is 10.0 Å². The summed E-state index contributed by atoms with van der Waals surface area (Å²) in [6.07, 6.45) is 1.53. The third-order valence-corrected chi connectivity index (χ3v) is 3.92. The molecule has 1 aromatic heterocycles. The van der Waals surface area contributed by atoms with Crippen LogP contribution in [0, 0.1) is 12.7 Å². The highest BCUT2D eigenvalue weighted by molar-refractivity contribution is 6.30. The summed E-state index contributed by atoms with van der Waals surface area (Å²) in [5, 5.41) is 1.02. The molecule has 1 heterocycles. The zero-order valence-electron chi connectivity index (χ0n) is 14.5. The first-order valence-electron chi connectivity index (χ1n) is 7.90. The largest absolute Gasteiger partial charge is 0.489 e. The van der Waals surface area contributed by atoms with Crippen LogP contribution < -0.4 is 10.5 Å². The molecular weight excluding hydrogens is 390 g/mol. The summed E-state index contributed by atoms with van der Waals surface area (Å²) in [4.78, 5) is 14.1. The highest BCUT2D eigenvalue weighted by Gasteiger charge is 2.05. The van der Waals surface area contributed by atoms with Gasteiger partial charge in [-0.1, -0.05) is 35.3 Å². The lowest BCUT2D eigenvalue weighted by molar-refractivity contribution is 0.0995. The molecule has 0 radical (unpaired) electrons. The van der Waals surface area contributed by atoms with E-state index in [2.05, 4.69) is 4.98 Å². The number of amides is 1. The first-order valence-corrected chi connectivity index (χ1v) is 8.66. The van der Waals surface area contributed by atoms with Crippen molar-refractivity contribution in [3.8, 4) is 5.75 Å². The smallest absolute Gasteiger partial charge is 0.267 e. The first kappa shape index (κ1) is 20.7. The van der Waals surface area contributed by atoms with Crippen LogP contribution in [0.15, 0.2) is 60.8 Å². The van der Waals surface area contributed by atoms with E-state index in [0.717, 1.165) is 5.56 Å². The summed E-state index contributed by atoms with van der Waals surface area (Å²) in [5.41, 5.74) is 6.60. The molecule has 3 aromatic rings. The summed E-state index contributed by atoms with van der Waals surface area (Å²) >= 11 is 11.5. The van der Waals surface area contributed by atoms with Crippen molar-refractivity contribution in [1.82, 2.24) is 4.98 Å². The number of benzene rings is 2. The van der Waals surface area contributed by atoms with Crippen LogP contribution in [0.5, 0.6) is 5.75 Å². The lowest BCUT2D eigenvalue weighted by Gasteiger charge is -2.10. The highest BCUT2D eigenvalue weighted by atomic mass is 35.5. The van der Waals surface area contributed by atoms with Crippen LogP contribution >= 0.6 is 23.2 Å². The summed E-state index contributed by atoms with van der Waals surface area (Å²) < 4.78 is 19.1. The molecule has 0 unspecified atom stereocenters. The number of pyridine rings is 1. The Morgan fingerprint density at radius 2 is 1.81 bits per heavy atom. The average Bonchev–Trinajstić information content (AvgIpc) is 2.63. The molecule has 0 atom stereocenters. The molecule has 7 heteroatoms. The molecule has 27 heavy (non-hydrogen) atoms. The van der Waals surface area contributed by atoms with Gasteiger partial charge in [0.15, 0.2) is 0 Å². The molecule has 2 N–H and O–H groups in total. The minimum Gasteiger partial charge on any atom is -0.489 e. The molecule has 2 aromatic carbocycles. The van der Waals surface area contributed by atoms with Crippen molar-refractivity contribution in [1.29, 1.82) is 0 Å². The van der Waals surface area contributed by atoms with Gasteiger partial charge < -0.3 is 10.5 Å². The number of hydrogen-bond donors (Lipinski definition) is 1. The van der Waals surface area contributed by atoms with Gasteiger partial charge in [-0.25, -0.2) is 4.39 Å². The standard InChI is InChI=1S/C14H11Cl2FO.C6H6N2O/c1-9-6-11(15)4-5-14(9)18-8-10-2-3-12(16)7-13(10)17;7-6(9)5-3-1-2-4-8-5/h2-7H,8H2,1H3;1-4H,(H2,7,9). The van der Waals surface area contributed by atoms with Crippen LogP contribution in [0.4, 0.5) is 4.39 Å². The number of ether oxygens (including phenoxy) is 1. The number of carbonyl (C=O) groups is 1. The van der Waals surface area contributed by atoms with Crippen molar-refractivity contribution in [2.75, 3.05) is 0 Å². The van der Waals surface area contributed by atoms with Gasteiger partial charge in [-0.3, -0.25) is 9.78 Å². The van der Waals surface area contributed by atoms with E-state index in [4.69, 9.17) is 33.7 Å². The number of rotatable bonds is 4. The highest BCUT2D eigenvalue weighted by Crippen LogP contribution is 2.23. The van der Waals surface area contributed by atoms with Crippen LogP contribution in [0.1, 0.15) is 21.6 Å². The second kappa shape index (κ2) is 9.90. The number of hydrogen-bond acceptors (Lipinski definition) is 3. The Kier molecular flexibility index (Phi) is 7.58. The van der Waals surface area contributed by atoms with E-state index in [0.29, 0.717) is 27.1 Å². The fraction of sp³-hybridized carbons (Fsp3) is 0.100. The van der Waals surface area contributed by atoms with E-state index in [-0.39, 0.29) is 12.4 Å². The molecule has 0 saturated carbocycles. The first-order chi connectivity index (χ1) is 12.9. The normalized spacial score (nSPS) is 9.93. The van der Waals surface area contributed by atoms with E-state index in [1.54, 1.807) is 48.5 Å². The summed E-state index contributed by atoms with van der Waals surface area (Å²) in [6, 6.07) is 14.8. The SMILES string of the molecule is Cc1cc(Cl)ccc1OCc1ccc(Cl)cc1F.NC(=O)c1ccccn1. The predicted molar refractivity (Wildman–Crippen MR) is 105 cm³/mol. The number of nitrogens with zero attached hydrogens (tertiary/aromatic N) is 1. The molecule has 140 valence electrons. The molecule has 0 aliphatic carbocycles. The van der Waals surface area contributed by atoms with Gasteiger partial charge in [0.05, 0.1) is 0 Å². The maximum absolute atomic E-state index is 13.5. The van der Waals surface area contributed by atoms with Gasteiger partial charge in [-0.05, 0) is 55.0 Å². The van der Waals surface area contributed by atoms with Crippen LogP contribution in [0.3, 0.4) is 0 Å². The van der Waals surface area contributed by atoms with Crippen LogP contribution in [0.25, 0.3) is 0 Å². The van der Waals surface area contributed by atoms with E-state index in [1.165, 1.54) is 12.3 Å². The molecule has 0 spiro atoms.